The largest absolute Gasteiger partial charge is 0.313 e. The van der Waals surface area contributed by atoms with Crippen LogP contribution in [-0.2, 0) is 0 Å². The van der Waals surface area contributed by atoms with Gasteiger partial charge in [0.05, 0.1) is 0 Å². The predicted molar refractivity (Wildman–Crippen MR) is 69.6 cm³/mol. The molecule has 1 N–H and O–H groups in total. The number of nitrogens with zero attached hydrogens (tertiary/aromatic N) is 1. The van der Waals surface area contributed by atoms with Crippen LogP contribution in [0.4, 0.5) is 0 Å². The maximum Gasteiger partial charge on any atom is 0.0195 e. The van der Waals surface area contributed by atoms with E-state index in [0.29, 0.717) is 0 Å². The summed E-state index contributed by atoms with van der Waals surface area (Å²) in [6, 6.07) is 1.54. The molecule has 2 aliphatic rings. The van der Waals surface area contributed by atoms with Crippen molar-refractivity contribution in [1.82, 2.24) is 10.2 Å². The molecule has 4 unspecified atom stereocenters. The van der Waals surface area contributed by atoms with Crippen molar-refractivity contribution < 1.29 is 0 Å². The van der Waals surface area contributed by atoms with Crippen molar-refractivity contribution in [2.24, 2.45) is 11.8 Å². The summed E-state index contributed by atoms with van der Waals surface area (Å²) in [5.74, 6) is 1.75. The lowest BCUT2D eigenvalue weighted by Gasteiger charge is -2.43. The summed E-state index contributed by atoms with van der Waals surface area (Å²) in [5.41, 5.74) is 0. The van der Waals surface area contributed by atoms with Crippen LogP contribution < -0.4 is 5.32 Å². The zero-order valence-corrected chi connectivity index (χ0v) is 11.2. The minimum atomic E-state index is 0.758. The van der Waals surface area contributed by atoms with E-state index >= 15 is 0 Å². The van der Waals surface area contributed by atoms with Gasteiger partial charge in [0.25, 0.3) is 0 Å². The predicted octanol–water partition coefficient (Wildman–Crippen LogP) is 2.49. The number of rotatable bonds is 2. The lowest BCUT2D eigenvalue weighted by atomic mass is 9.85. The number of piperidine rings is 2. The minimum absolute atomic E-state index is 0.758. The van der Waals surface area contributed by atoms with E-state index in [1.54, 1.807) is 0 Å². The molecular weight excluding hydrogens is 196 g/mol. The summed E-state index contributed by atoms with van der Waals surface area (Å²) in [4.78, 5) is 2.72. The van der Waals surface area contributed by atoms with E-state index < -0.39 is 0 Å². The molecule has 2 heteroatoms. The fraction of sp³-hybridized carbons (Fsp3) is 1.00. The molecule has 0 aliphatic carbocycles. The Labute approximate surface area is 101 Å². The van der Waals surface area contributed by atoms with Crippen molar-refractivity contribution in [3.63, 3.8) is 0 Å². The fourth-order valence-electron chi connectivity index (χ4n) is 3.44. The molecule has 0 amide bonds. The molecule has 0 radical (unpaired) electrons. The van der Waals surface area contributed by atoms with Gasteiger partial charge in [0.15, 0.2) is 0 Å². The third-order valence-electron chi connectivity index (χ3n) is 4.59. The van der Waals surface area contributed by atoms with Crippen LogP contribution in [0.5, 0.6) is 0 Å². The van der Waals surface area contributed by atoms with Crippen molar-refractivity contribution in [1.29, 1.82) is 0 Å². The Morgan fingerprint density at radius 3 is 2.69 bits per heavy atom. The highest BCUT2D eigenvalue weighted by molar-refractivity contribution is 4.85. The van der Waals surface area contributed by atoms with Gasteiger partial charge in [-0.15, -0.1) is 0 Å². The average molecular weight is 224 g/mol. The van der Waals surface area contributed by atoms with Crippen LogP contribution in [0.1, 0.15) is 46.5 Å². The molecule has 0 aromatic rings. The first kappa shape index (κ1) is 12.4. The highest BCUT2D eigenvalue weighted by atomic mass is 15.2. The van der Waals surface area contributed by atoms with Crippen molar-refractivity contribution in [2.75, 3.05) is 19.6 Å². The second-order valence-corrected chi connectivity index (χ2v) is 6.16. The van der Waals surface area contributed by atoms with Crippen molar-refractivity contribution in [3.8, 4) is 0 Å². The van der Waals surface area contributed by atoms with Gasteiger partial charge < -0.3 is 5.32 Å². The van der Waals surface area contributed by atoms with Crippen LogP contribution in [0.25, 0.3) is 0 Å². The van der Waals surface area contributed by atoms with E-state index in [-0.39, 0.29) is 0 Å². The van der Waals surface area contributed by atoms with E-state index in [1.807, 2.05) is 0 Å². The van der Waals surface area contributed by atoms with Crippen LogP contribution >= 0.6 is 0 Å². The third kappa shape index (κ3) is 2.98. The highest BCUT2D eigenvalue weighted by Crippen LogP contribution is 2.27. The van der Waals surface area contributed by atoms with E-state index in [1.165, 1.54) is 45.3 Å². The third-order valence-corrected chi connectivity index (χ3v) is 4.59. The molecule has 0 spiro atoms. The van der Waals surface area contributed by atoms with Crippen molar-refractivity contribution in [3.05, 3.63) is 0 Å². The Bertz CT molecular complexity index is 211. The van der Waals surface area contributed by atoms with E-state index in [0.717, 1.165) is 23.9 Å². The maximum absolute atomic E-state index is 3.67. The summed E-state index contributed by atoms with van der Waals surface area (Å²) in [5, 5.41) is 3.67. The zero-order chi connectivity index (χ0) is 11.5. The van der Waals surface area contributed by atoms with Crippen LogP contribution in [0.15, 0.2) is 0 Å². The van der Waals surface area contributed by atoms with E-state index in [2.05, 4.69) is 31.0 Å². The van der Waals surface area contributed by atoms with Gasteiger partial charge in [-0.3, -0.25) is 4.90 Å². The second kappa shape index (κ2) is 5.50. The number of hydrogen-bond donors (Lipinski definition) is 1. The van der Waals surface area contributed by atoms with Gasteiger partial charge in [0, 0.05) is 25.2 Å². The molecule has 2 fully saturated rings. The normalized spacial score (nSPS) is 42.2. The van der Waals surface area contributed by atoms with Gasteiger partial charge in [-0.25, -0.2) is 0 Å². The summed E-state index contributed by atoms with van der Waals surface area (Å²) < 4.78 is 0. The molecule has 0 saturated carbocycles. The van der Waals surface area contributed by atoms with Gasteiger partial charge in [-0.1, -0.05) is 20.3 Å². The van der Waals surface area contributed by atoms with Crippen molar-refractivity contribution >= 4 is 0 Å². The van der Waals surface area contributed by atoms with Crippen LogP contribution in [-0.4, -0.2) is 36.6 Å². The molecular formula is C14H28N2. The Morgan fingerprint density at radius 1 is 1.19 bits per heavy atom. The Balaban J connectivity index is 1.86. The molecule has 2 saturated heterocycles. The number of hydrogen-bond acceptors (Lipinski definition) is 2. The topological polar surface area (TPSA) is 15.3 Å². The molecule has 2 nitrogen and oxygen atoms in total. The highest BCUT2D eigenvalue weighted by Gasteiger charge is 2.30. The SMILES string of the molecule is CC1CC(C)C(C)N(CC2CCCCN2)C1. The van der Waals surface area contributed by atoms with Crippen molar-refractivity contribution in [2.45, 2.75) is 58.5 Å². The van der Waals surface area contributed by atoms with Crippen LogP contribution in [0.2, 0.25) is 0 Å². The average Bonchev–Trinajstić information content (AvgIpc) is 2.27. The quantitative estimate of drug-likeness (QED) is 0.775. The standard InChI is InChI=1S/C14H28N2/c1-11-8-12(2)13(3)16(9-11)10-14-6-4-5-7-15-14/h11-15H,4-10H2,1-3H3. The first-order valence-electron chi connectivity index (χ1n) is 7.14. The van der Waals surface area contributed by atoms with Crippen LogP contribution in [0.3, 0.4) is 0 Å². The summed E-state index contributed by atoms with van der Waals surface area (Å²) in [6.45, 7) is 11.1. The molecule has 2 rings (SSSR count). The molecule has 16 heavy (non-hydrogen) atoms. The fourth-order valence-corrected chi connectivity index (χ4v) is 3.44. The molecule has 4 atom stereocenters. The lowest BCUT2D eigenvalue weighted by Crippen LogP contribution is -2.52. The minimum Gasteiger partial charge on any atom is -0.313 e. The monoisotopic (exact) mass is 224 g/mol. The smallest absolute Gasteiger partial charge is 0.0195 e. The van der Waals surface area contributed by atoms with Gasteiger partial charge in [-0.05, 0) is 44.6 Å². The Hall–Kier alpha value is -0.0800. The second-order valence-electron chi connectivity index (χ2n) is 6.16. The molecule has 2 aliphatic heterocycles. The number of likely N-dealkylation sites (tertiary alicyclic amines) is 1. The summed E-state index contributed by atoms with van der Waals surface area (Å²) in [6.07, 6.45) is 5.59. The molecule has 94 valence electrons. The summed E-state index contributed by atoms with van der Waals surface area (Å²) in [7, 11) is 0. The Kier molecular flexibility index (Phi) is 4.26. The summed E-state index contributed by atoms with van der Waals surface area (Å²) >= 11 is 0. The van der Waals surface area contributed by atoms with Crippen LogP contribution in [0, 0.1) is 11.8 Å². The van der Waals surface area contributed by atoms with Gasteiger partial charge in [-0.2, -0.15) is 0 Å². The zero-order valence-electron chi connectivity index (χ0n) is 11.2. The van der Waals surface area contributed by atoms with E-state index in [4.69, 9.17) is 0 Å². The lowest BCUT2D eigenvalue weighted by molar-refractivity contribution is 0.0670. The van der Waals surface area contributed by atoms with Gasteiger partial charge in [0.1, 0.15) is 0 Å². The first-order valence-corrected chi connectivity index (χ1v) is 7.14. The first-order chi connectivity index (χ1) is 7.66. The molecule has 0 aromatic carbocycles. The Morgan fingerprint density at radius 2 is 2.00 bits per heavy atom. The maximum atomic E-state index is 3.67. The number of nitrogens with one attached hydrogen (secondary N) is 1. The molecule has 0 bridgehead atoms. The van der Waals surface area contributed by atoms with E-state index in [9.17, 15) is 0 Å². The molecule has 0 aromatic heterocycles. The van der Waals surface area contributed by atoms with Gasteiger partial charge >= 0.3 is 0 Å². The molecule has 2 heterocycles. The van der Waals surface area contributed by atoms with Gasteiger partial charge in [0.2, 0.25) is 0 Å².